The highest BCUT2D eigenvalue weighted by Gasteiger charge is 2.21. The van der Waals surface area contributed by atoms with Crippen LogP contribution in [0.25, 0.3) is 0 Å². The number of hydrogen-bond acceptors (Lipinski definition) is 2. The molecule has 0 aliphatic carbocycles. The number of hydrogen-bond donors (Lipinski definition) is 1. The molecule has 112 valence electrons. The van der Waals surface area contributed by atoms with Crippen LogP contribution in [-0.2, 0) is 0 Å². The van der Waals surface area contributed by atoms with Crippen molar-refractivity contribution in [2.75, 3.05) is 18.8 Å². The van der Waals surface area contributed by atoms with Crippen molar-refractivity contribution in [1.82, 2.24) is 5.32 Å². The van der Waals surface area contributed by atoms with Crippen molar-refractivity contribution in [3.63, 3.8) is 0 Å². The molecule has 20 heavy (non-hydrogen) atoms. The first kappa shape index (κ1) is 15.9. The largest absolute Gasteiger partial charge is 0.316 e. The SMILES string of the molecule is CC(C)CCCCCCNCC1CSc2ccccc21. The summed E-state index contributed by atoms with van der Waals surface area (Å²) in [5.41, 5.74) is 1.56. The fourth-order valence-corrected chi connectivity index (χ4v) is 4.09. The minimum atomic E-state index is 0.720. The van der Waals surface area contributed by atoms with Crippen LogP contribution in [0, 0.1) is 5.92 Å². The third-order valence-electron chi connectivity index (χ3n) is 4.07. The highest BCUT2D eigenvalue weighted by molar-refractivity contribution is 7.99. The number of nitrogens with one attached hydrogen (secondary N) is 1. The molecule has 1 aromatic carbocycles. The molecule has 0 saturated heterocycles. The first-order valence-corrected chi connectivity index (χ1v) is 9.18. The molecule has 0 aromatic heterocycles. The smallest absolute Gasteiger partial charge is 0.0108 e. The van der Waals surface area contributed by atoms with Crippen LogP contribution in [-0.4, -0.2) is 18.8 Å². The Labute approximate surface area is 128 Å². The molecule has 1 nitrogen and oxygen atoms in total. The van der Waals surface area contributed by atoms with Gasteiger partial charge < -0.3 is 5.32 Å². The number of thioether (sulfide) groups is 1. The van der Waals surface area contributed by atoms with E-state index in [1.807, 2.05) is 11.8 Å². The van der Waals surface area contributed by atoms with E-state index in [-0.39, 0.29) is 0 Å². The average Bonchev–Trinajstić information content (AvgIpc) is 2.85. The summed E-state index contributed by atoms with van der Waals surface area (Å²) in [6, 6.07) is 8.88. The number of benzene rings is 1. The predicted molar refractivity (Wildman–Crippen MR) is 90.7 cm³/mol. The first-order chi connectivity index (χ1) is 9.77. The molecular formula is C18H29NS. The fraction of sp³-hybridized carbons (Fsp3) is 0.667. The zero-order chi connectivity index (χ0) is 14.2. The second kappa shape index (κ2) is 8.74. The highest BCUT2D eigenvalue weighted by Crippen LogP contribution is 2.38. The molecule has 0 amide bonds. The predicted octanol–water partition coefficient (Wildman–Crippen LogP) is 5.07. The summed E-state index contributed by atoms with van der Waals surface area (Å²) in [6.07, 6.45) is 6.92. The Morgan fingerprint density at radius 3 is 2.80 bits per heavy atom. The quantitative estimate of drug-likeness (QED) is 0.637. The van der Waals surface area contributed by atoms with Crippen LogP contribution < -0.4 is 5.32 Å². The fourth-order valence-electron chi connectivity index (χ4n) is 2.83. The Bertz CT molecular complexity index is 389. The van der Waals surface area contributed by atoms with Crippen LogP contribution >= 0.6 is 11.8 Å². The van der Waals surface area contributed by atoms with E-state index >= 15 is 0 Å². The number of fused-ring (bicyclic) bond motifs is 1. The summed E-state index contributed by atoms with van der Waals surface area (Å²) >= 11 is 2.01. The molecule has 1 N–H and O–H groups in total. The van der Waals surface area contributed by atoms with Crippen molar-refractivity contribution in [2.24, 2.45) is 5.92 Å². The zero-order valence-electron chi connectivity index (χ0n) is 13.0. The lowest BCUT2D eigenvalue weighted by molar-refractivity contribution is 0.509. The molecule has 1 aliphatic rings. The van der Waals surface area contributed by atoms with Crippen molar-refractivity contribution in [1.29, 1.82) is 0 Å². The first-order valence-electron chi connectivity index (χ1n) is 8.20. The van der Waals surface area contributed by atoms with Crippen LogP contribution in [0.15, 0.2) is 29.2 Å². The summed E-state index contributed by atoms with van der Waals surface area (Å²) < 4.78 is 0. The lowest BCUT2D eigenvalue weighted by Gasteiger charge is -2.12. The van der Waals surface area contributed by atoms with Gasteiger partial charge in [0.2, 0.25) is 0 Å². The standard InChI is InChI=1S/C18H29NS/c1-15(2)9-5-3-4-8-12-19-13-16-14-20-18-11-7-6-10-17(16)18/h6-7,10-11,15-16,19H,3-5,8-9,12-14H2,1-2H3. The Kier molecular flexibility index (Phi) is 6.95. The van der Waals surface area contributed by atoms with Crippen molar-refractivity contribution in [3.8, 4) is 0 Å². The summed E-state index contributed by atoms with van der Waals surface area (Å²) in [5.74, 6) is 2.84. The maximum atomic E-state index is 3.65. The molecule has 2 rings (SSSR count). The minimum absolute atomic E-state index is 0.720. The summed E-state index contributed by atoms with van der Waals surface area (Å²) in [5, 5.41) is 3.65. The van der Waals surface area contributed by atoms with E-state index in [0.29, 0.717) is 0 Å². The molecule has 0 fully saturated rings. The molecular weight excluding hydrogens is 262 g/mol. The van der Waals surface area contributed by atoms with Gasteiger partial charge in [-0.25, -0.2) is 0 Å². The summed E-state index contributed by atoms with van der Waals surface area (Å²) in [7, 11) is 0. The number of unbranched alkanes of at least 4 members (excludes halogenated alkanes) is 3. The maximum Gasteiger partial charge on any atom is 0.0108 e. The Morgan fingerprint density at radius 1 is 1.15 bits per heavy atom. The normalized spacial score (nSPS) is 17.6. The van der Waals surface area contributed by atoms with E-state index in [9.17, 15) is 0 Å². The molecule has 0 saturated carbocycles. The van der Waals surface area contributed by atoms with Gasteiger partial charge in [0.25, 0.3) is 0 Å². The Hall–Kier alpha value is -0.470. The molecule has 1 unspecified atom stereocenters. The third-order valence-corrected chi connectivity index (χ3v) is 5.33. The molecule has 1 aliphatic heterocycles. The van der Waals surface area contributed by atoms with Gasteiger partial charge in [-0.1, -0.05) is 57.7 Å². The second-order valence-electron chi connectivity index (χ2n) is 6.35. The zero-order valence-corrected chi connectivity index (χ0v) is 13.8. The van der Waals surface area contributed by atoms with Crippen molar-refractivity contribution < 1.29 is 0 Å². The van der Waals surface area contributed by atoms with Gasteiger partial charge in [-0.3, -0.25) is 0 Å². The van der Waals surface area contributed by atoms with Crippen LogP contribution in [0.3, 0.4) is 0 Å². The maximum absolute atomic E-state index is 3.65. The van der Waals surface area contributed by atoms with Crippen LogP contribution in [0.1, 0.15) is 57.4 Å². The van der Waals surface area contributed by atoms with E-state index in [0.717, 1.165) is 18.4 Å². The molecule has 2 heteroatoms. The monoisotopic (exact) mass is 291 g/mol. The lowest BCUT2D eigenvalue weighted by Crippen LogP contribution is -2.22. The van der Waals surface area contributed by atoms with Crippen molar-refractivity contribution in [2.45, 2.75) is 56.8 Å². The van der Waals surface area contributed by atoms with Crippen LogP contribution in [0.4, 0.5) is 0 Å². The topological polar surface area (TPSA) is 12.0 Å². The van der Waals surface area contributed by atoms with Crippen molar-refractivity contribution in [3.05, 3.63) is 29.8 Å². The van der Waals surface area contributed by atoms with Gasteiger partial charge in [0.1, 0.15) is 0 Å². The molecule has 0 radical (unpaired) electrons. The summed E-state index contributed by atoms with van der Waals surface area (Å²) in [6.45, 7) is 6.97. The lowest BCUT2D eigenvalue weighted by atomic mass is 10.0. The van der Waals surface area contributed by atoms with Crippen LogP contribution in [0.5, 0.6) is 0 Å². The molecule has 1 heterocycles. The minimum Gasteiger partial charge on any atom is -0.316 e. The van der Waals surface area contributed by atoms with Gasteiger partial charge in [-0.15, -0.1) is 11.8 Å². The van der Waals surface area contributed by atoms with Gasteiger partial charge in [-0.05, 0) is 30.5 Å². The van der Waals surface area contributed by atoms with E-state index in [2.05, 4.69) is 43.4 Å². The molecule has 1 atom stereocenters. The van der Waals surface area contributed by atoms with Gasteiger partial charge >= 0.3 is 0 Å². The Morgan fingerprint density at radius 2 is 1.95 bits per heavy atom. The van der Waals surface area contributed by atoms with Gasteiger partial charge in [0, 0.05) is 23.1 Å². The van der Waals surface area contributed by atoms with Crippen molar-refractivity contribution >= 4 is 11.8 Å². The number of rotatable bonds is 9. The van der Waals surface area contributed by atoms with E-state index in [1.54, 1.807) is 5.56 Å². The van der Waals surface area contributed by atoms with E-state index < -0.39 is 0 Å². The molecule has 0 spiro atoms. The second-order valence-corrected chi connectivity index (χ2v) is 7.41. The highest BCUT2D eigenvalue weighted by atomic mass is 32.2. The molecule has 1 aromatic rings. The van der Waals surface area contributed by atoms with Crippen LogP contribution in [0.2, 0.25) is 0 Å². The van der Waals surface area contributed by atoms with Gasteiger partial charge in [-0.2, -0.15) is 0 Å². The summed E-state index contributed by atoms with van der Waals surface area (Å²) in [4.78, 5) is 1.49. The van der Waals surface area contributed by atoms with E-state index in [4.69, 9.17) is 0 Å². The van der Waals surface area contributed by atoms with Gasteiger partial charge in [0.05, 0.1) is 0 Å². The van der Waals surface area contributed by atoms with Gasteiger partial charge in [0.15, 0.2) is 0 Å². The average molecular weight is 292 g/mol. The Balaban J connectivity index is 1.52. The van der Waals surface area contributed by atoms with E-state index in [1.165, 1.54) is 49.3 Å². The molecule has 0 bridgehead atoms. The third kappa shape index (κ3) is 5.14.